The normalized spacial score (nSPS) is 22.1. The number of nitrogens with one attached hydrogen (secondary N) is 1. The fourth-order valence-electron chi connectivity index (χ4n) is 1.05. The van der Waals surface area contributed by atoms with Crippen molar-refractivity contribution in [1.82, 2.24) is 5.32 Å². The Balaban J connectivity index is 2.66. The Morgan fingerprint density at radius 3 is 2.33 bits per heavy atom. The van der Waals surface area contributed by atoms with Gasteiger partial charge in [0.2, 0.25) is 0 Å². The van der Waals surface area contributed by atoms with E-state index in [1.807, 2.05) is 0 Å². The van der Waals surface area contributed by atoms with E-state index in [1.165, 1.54) is 9.68 Å². The third kappa shape index (κ3) is 2.25. The predicted octanol–water partition coefficient (Wildman–Crippen LogP) is -0.328. The van der Waals surface area contributed by atoms with Crippen molar-refractivity contribution >= 4 is 17.8 Å². The van der Waals surface area contributed by atoms with Crippen LogP contribution >= 0.6 is 0 Å². The van der Waals surface area contributed by atoms with Crippen LogP contribution in [0, 0.1) is 0 Å². The standard InChI is InChI=1S/C7H6F3NO4/c1-15-4(12)2-3(5(15)13)11-6(14)7(8,9)10/h3H,2H2,1H3/p+1/t3-/m0/s1. The molecule has 0 aliphatic carbocycles. The molecular weight excluding hydrogens is 219 g/mol. The Bertz CT molecular complexity index is 325. The summed E-state index contributed by atoms with van der Waals surface area (Å²) in [5, 5.41) is 1.43. The molecule has 0 spiro atoms. The molecule has 5 nitrogen and oxygen atoms in total. The van der Waals surface area contributed by atoms with Gasteiger partial charge < -0.3 is 9.68 Å². The molecule has 1 fully saturated rings. The molecule has 1 aliphatic rings. The van der Waals surface area contributed by atoms with Crippen LogP contribution in [0.25, 0.3) is 0 Å². The van der Waals surface area contributed by atoms with E-state index in [0.717, 1.165) is 7.11 Å². The highest BCUT2D eigenvalue weighted by Crippen LogP contribution is 2.19. The van der Waals surface area contributed by atoms with E-state index < -0.39 is 36.5 Å². The molecule has 1 atom stereocenters. The lowest BCUT2D eigenvalue weighted by Crippen LogP contribution is -2.45. The van der Waals surface area contributed by atoms with Gasteiger partial charge in [-0.05, 0) is 0 Å². The van der Waals surface area contributed by atoms with Gasteiger partial charge in [0.15, 0.2) is 6.04 Å². The van der Waals surface area contributed by atoms with E-state index in [0.29, 0.717) is 0 Å². The van der Waals surface area contributed by atoms with Gasteiger partial charge in [0.25, 0.3) is 0 Å². The molecule has 1 N–H and O–H groups in total. The molecule has 1 amide bonds. The van der Waals surface area contributed by atoms with Crippen molar-refractivity contribution in [1.29, 1.82) is 0 Å². The second kappa shape index (κ2) is 3.52. The second-order valence-corrected chi connectivity index (χ2v) is 2.93. The fraction of sp³-hybridized carbons (Fsp3) is 0.571. The van der Waals surface area contributed by atoms with Crippen LogP contribution < -0.4 is 5.32 Å². The average molecular weight is 226 g/mol. The highest BCUT2D eigenvalue weighted by molar-refractivity contribution is 6.01. The van der Waals surface area contributed by atoms with Crippen LogP contribution in [0.15, 0.2) is 0 Å². The maximum atomic E-state index is 11.8. The van der Waals surface area contributed by atoms with Crippen LogP contribution in [0.1, 0.15) is 6.42 Å². The molecule has 0 aromatic heterocycles. The summed E-state index contributed by atoms with van der Waals surface area (Å²) in [5.41, 5.74) is 0. The van der Waals surface area contributed by atoms with E-state index in [9.17, 15) is 27.6 Å². The third-order valence-electron chi connectivity index (χ3n) is 1.86. The Labute approximate surface area is 81.9 Å². The summed E-state index contributed by atoms with van der Waals surface area (Å²) < 4.78 is 36.9. The number of hydrogen-bond acceptors (Lipinski definition) is 3. The first-order valence-electron chi connectivity index (χ1n) is 3.83. The van der Waals surface area contributed by atoms with Crippen molar-refractivity contribution in [2.75, 3.05) is 7.11 Å². The van der Waals surface area contributed by atoms with Crippen molar-refractivity contribution in [2.45, 2.75) is 18.6 Å². The van der Waals surface area contributed by atoms with Crippen molar-refractivity contribution in [3.05, 3.63) is 0 Å². The number of rotatable bonds is 1. The van der Waals surface area contributed by atoms with Crippen molar-refractivity contribution < 1.29 is 31.9 Å². The average Bonchev–Trinajstić information content (AvgIpc) is 2.32. The van der Waals surface area contributed by atoms with Gasteiger partial charge in [0.05, 0.1) is 7.11 Å². The summed E-state index contributed by atoms with van der Waals surface area (Å²) in [7, 11) is 1.06. The lowest BCUT2D eigenvalue weighted by molar-refractivity contribution is -0.183. The molecule has 0 radical (unpaired) electrons. The maximum absolute atomic E-state index is 11.8. The Morgan fingerprint density at radius 1 is 1.47 bits per heavy atom. The lowest BCUT2D eigenvalue weighted by atomic mass is 10.2. The molecule has 84 valence electrons. The largest absolute Gasteiger partial charge is 0.493 e. The fourth-order valence-corrected chi connectivity index (χ4v) is 1.05. The SMILES string of the molecule is C[O+]1C(=O)C[C@H](NC(=O)C(F)(F)F)C1=O. The quantitative estimate of drug-likeness (QED) is 0.378. The Kier molecular flexibility index (Phi) is 2.69. The molecule has 1 aliphatic heterocycles. The number of halogens is 3. The molecule has 15 heavy (non-hydrogen) atoms. The van der Waals surface area contributed by atoms with Gasteiger partial charge in [0.1, 0.15) is 6.42 Å². The van der Waals surface area contributed by atoms with Crippen molar-refractivity contribution in [3.63, 3.8) is 0 Å². The molecule has 0 unspecified atom stereocenters. The van der Waals surface area contributed by atoms with E-state index >= 15 is 0 Å². The molecular formula is C7H7F3NO4+. The monoisotopic (exact) mass is 226 g/mol. The van der Waals surface area contributed by atoms with Gasteiger partial charge >= 0.3 is 24.0 Å². The highest BCUT2D eigenvalue weighted by Gasteiger charge is 2.49. The minimum absolute atomic E-state index is 0.470. The van der Waals surface area contributed by atoms with Crippen molar-refractivity contribution in [2.24, 2.45) is 0 Å². The maximum Gasteiger partial charge on any atom is 0.471 e. The zero-order chi connectivity index (χ0) is 11.8. The van der Waals surface area contributed by atoms with Crippen LogP contribution in [-0.4, -0.2) is 37.2 Å². The van der Waals surface area contributed by atoms with E-state index in [2.05, 4.69) is 0 Å². The first kappa shape index (κ1) is 11.5. The number of carbonyl (C=O) groups excluding carboxylic acids is 3. The molecule has 0 aromatic carbocycles. The number of hydrogen-bond donors (Lipinski definition) is 1. The van der Waals surface area contributed by atoms with Gasteiger partial charge in [0, 0.05) is 0 Å². The summed E-state index contributed by atoms with van der Waals surface area (Å²) in [5.74, 6) is -3.85. The van der Waals surface area contributed by atoms with Crippen LogP contribution in [0.5, 0.6) is 0 Å². The minimum Gasteiger partial charge on any atom is -0.493 e. The van der Waals surface area contributed by atoms with Crippen molar-refractivity contribution in [3.8, 4) is 0 Å². The molecule has 0 aromatic rings. The Morgan fingerprint density at radius 2 is 2.00 bits per heavy atom. The van der Waals surface area contributed by atoms with Crippen LogP contribution in [-0.2, 0) is 18.8 Å². The van der Waals surface area contributed by atoms with E-state index in [-0.39, 0.29) is 0 Å². The number of carbonyl (C=O) groups is 3. The highest BCUT2D eigenvalue weighted by atomic mass is 19.4. The summed E-state index contributed by atoms with van der Waals surface area (Å²) in [6.45, 7) is 0. The molecule has 1 saturated heterocycles. The van der Waals surface area contributed by atoms with Gasteiger partial charge in [-0.1, -0.05) is 9.59 Å². The van der Waals surface area contributed by atoms with Gasteiger partial charge in [-0.3, -0.25) is 4.79 Å². The molecule has 1 heterocycles. The summed E-state index contributed by atoms with van der Waals surface area (Å²) in [6, 6.07) is -1.44. The molecule has 0 saturated carbocycles. The first-order valence-corrected chi connectivity index (χ1v) is 3.83. The second-order valence-electron chi connectivity index (χ2n) is 2.93. The zero-order valence-electron chi connectivity index (χ0n) is 7.55. The predicted molar refractivity (Wildman–Crippen MR) is 39.6 cm³/mol. The smallest absolute Gasteiger partial charge is 0.471 e. The zero-order valence-corrected chi connectivity index (χ0v) is 7.55. The van der Waals surface area contributed by atoms with E-state index in [4.69, 9.17) is 0 Å². The van der Waals surface area contributed by atoms with Crippen LogP contribution in [0.4, 0.5) is 13.2 Å². The van der Waals surface area contributed by atoms with E-state index in [1.54, 1.807) is 0 Å². The molecule has 1 rings (SSSR count). The molecule has 0 bridgehead atoms. The summed E-state index contributed by atoms with van der Waals surface area (Å²) >= 11 is 0. The van der Waals surface area contributed by atoms with Crippen LogP contribution in [0.3, 0.4) is 0 Å². The van der Waals surface area contributed by atoms with Gasteiger partial charge in [-0.2, -0.15) is 13.2 Å². The lowest BCUT2D eigenvalue weighted by Gasteiger charge is -2.10. The van der Waals surface area contributed by atoms with Gasteiger partial charge in [-0.15, -0.1) is 0 Å². The minimum atomic E-state index is -5.06. The summed E-state index contributed by atoms with van der Waals surface area (Å²) in [6.07, 6.45) is -5.53. The topological polar surface area (TPSA) is 65.9 Å². The number of cyclic esters (lactones) is 2. The van der Waals surface area contributed by atoms with Crippen LogP contribution in [0.2, 0.25) is 0 Å². The summed E-state index contributed by atoms with van der Waals surface area (Å²) in [4.78, 5) is 32.4. The first-order chi connectivity index (χ1) is 6.73. The van der Waals surface area contributed by atoms with Gasteiger partial charge in [-0.25, -0.2) is 0 Å². The molecule has 8 heteroatoms. The number of alkyl halides is 3. The third-order valence-corrected chi connectivity index (χ3v) is 1.86. The number of amides is 1. The Hall–Kier alpha value is -1.60.